The highest BCUT2D eigenvalue weighted by Crippen LogP contribution is 2.24. The zero-order chi connectivity index (χ0) is 11.5. The second-order valence-electron chi connectivity index (χ2n) is 3.83. The van der Waals surface area contributed by atoms with E-state index < -0.39 is 6.10 Å². The fourth-order valence-electron chi connectivity index (χ4n) is 1.89. The number of aryl methyl sites for hydroxylation is 2. The molecule has 0 spiro atoms. The van der Waals surface area contributed by atoms with E-state index in [0.29, 0.717) is 0 Å². The van der Waals surface area contributed by atoms with Crippen LogP contribution < -0.4 is 0 Å². The molecule has 1 N–H and O–H groups in total. The smallest absolute Gasteiger partial charge is 0.121 e. The van der Waals surface area contributed by atoms with E-state index in [1.165, 1.54) is 0 Å². The molecule has 0 fully saturated rings. The van der Waals surface area contributed by atoms with Crippen LogP contribution in [0.15, 0.2) is 36.5 Å². The zero-order valence-corrected chi connectivity index (χ0v) is 9.59. The number of nitrogens with zero attached hydrogens (tertiary/aromatic N) is 2. The Labute approximate surface area is 95.3 Å². The molecule has 2 rings (SSSR count). The van der Waals surface area contributed by atoms with Gasteiger partial charge in [-0.25, -0.2) is 0 Å². The van der Waals surface area contributed by atoms with Crippen LogP contribution in [-0.4, -0.2) is 14.9 Å². The number of aromatic nitrogens is 2. The fourth-order valence-corrected chi connectivity index (χ4v) is 1.89. The predicted octanol–water partition coefficient (Wildman–Crippen LogP) is 2.29. The summed E-state index contributed by atoms with van der Waals surface area (Å²) in [4.78, 5) is 0. The van der Waals surface area contributed by atoms with E-state index in [9.17, 15) is 5.11 Å². The summed E-state index contributed by atoms with van der Waals surface area (Å²) in [5, 5.41) is 14.5. The molecule has 2 aromatic rings. The normalized spacial score (nSPS) is 12.7. The maximum absolute atomic E-state index is 10.3. The molecular weight excluding hydrogens is 200 g/mol. The molecule has 1 heterocycles. The summed E-state index contributed by atoms with van der Waals surface area (Å²) in [6, 6.07) is 9.74. The average molecular weight is 216 g/mol. The molecule has 1 aromatic carbocycles. The average Bonchev–Trinajstić information content (AvgIpc) is 2.77. The Morgan fingerprint density at radius 1 is 1.31 bits per heavy atom. The summed E-state index contributed by atoms with van der Waals surface area (Å²) >= 11 is 0. The van der Waals surface area contributed by atoms with Gasteiger partial charge in [-0.2, -0.15) is 5.10 Å². The van der Waals surface area contributed by atoms with Crippen LogP contribution >= 0.6 is 0 Å². The standard InChI is InChI=1S/C13H16N2O/c1-3-15-12(8-9-14-15)13(16)11-7-5-4-6-10(11)2/h4-9,13,16H,3H2,1-2H3. The third-order valence-electron chi connectivity index (χ3n) is 2.81. The van der Waals surface area contributed by atoms with Crippen molar-refractivity contribution in [3.05, 3.63) is 53.3 Å². The molecule has 0 aliphatic heterocycles. The Morgan fingerprint density at radius 2 is 2.06 bits per heavy atom. The first-order valence-corrected chi connectivity index (χ1v) is 5.49. The number of benzene rings is 1. The van der Waals surface area contributed by atoms with Crippen LogP contribution in [0.3, 0.4) is 0 Å². The van der Waals surface area contributed by atoms with E-state index in [2.05, 4.69) is 5.10 Å². The lowest BCUT2D eigenvalue weighted by atomic mass is 10.0. The lowest BCUT2D eigenvalue weighted by Crippen LogP contribution is -2.09. The quantitative estimate of drug-likeness (QED) is 0.854. The summed E-state index contributed by atoms with van der Waals surface area (Å²) in [5.41, 5.74) is 2.88. The molecule has 1 aromatic heterocycles. The SMILES string of the molecule is CCn1nccc1C(O)c1ccccc1C. The molecule has 0 aliphatic rings. The van der Waals surface area contributed by atoms with Crippen molar-refractivity contribution in [3.8, 4) is 0 Å². The van der Waals surface area contributed by atoms with Gasteiger partial charge in [-0.1, -0.05) is 24.3 Å². The number of rotatable bonds is 3. The monoisotopic (exact) mass is 216 g/mol. The van der Waals surface area contributed by atoms with Gasteiger partial charge in [0.15, 0.2) is 0 Å². The molecule has 0 saturated carbocycles. The Bertz CT molecular complexity index is 476. The van der Waals surface area contributed by atoms with Crippen molar-refractivity contribution in [1.82, 2.24) is 9.78 Å². The van der Waals surface area contributed by atoms with Gasteiger partial charge in [0.05, 0.1) is 5.69 Å². The molecule has 1 unspecified atom stereocenters. The van der Waals surface area contributed by atoms with Crippen LogP contribution in [-0.2, 0) is 6.54 Å². The third-order valence-corrected chi connectivity index (χ3v) is 2.81. The van der Waals surface area contributed by atoms with E-state index in [0.717, 1.165) is 23.4 Å². The van der Waals surface area contributed by atoms with Crippen molar-refractivity contribution < 1.29 is 5.11 Å². The van der Waals surface area contributed by atoms with Crippen molar-refractivity contribution in [2.45, 2.75) is 26.5 Å². The van der Waals surface area contributed by atoms with E-state index >= 15 is 0 Å². The first kappa shape index (κ1) is 10.9. The topological polar surface area (TPSA) is 38.0 Å². The number of hydrogen-bond donors (Lipinski definition) is 1. The highest BCUT2D eigenvalue weighted by atomic mass is 16.3. The number of hydrogen-bond acceptors (Lipinski definition) is 2. The molecular formula is C13H16N2O. The van der Waals surface area contributed by atoms with Gasteiger partial charge in [0.1, 0.15) is 6.10 Å². The molecule has 84 valence electrons. The van der Waals surface area contributed by atoms with Crippen LogP contribution in [0.5, 0.6) is 0 Å². The molecule has 0 aliphatic carbocycles. The molecule has 1 atom stereocenters. The molecule has 0 bridgehead atoms. The first-order valence-electron chi connectivity index (χ1n) is 5.49. The molecule has 0 radical (unpaired) electrons. The maximum atomic E-state index is 10.3. The van der Waals surface area contributed by atoms with Crippen LogP contribution in [0.1, 0.15) is 29.8 Å². The maximum Gasteiger partial charge on any atom is 0.121 e. The molecule has 0 saturated heterocycles. The van der Waals surface area contributed by atoms with Crippen LogP contribution in [0.25, 0.3) is 0 Å². The van der Waals surface area contributed by atoms with E-state index in [4.69, 9.17) is 0 Å². The van der Waals surface area contributed by atoms with Gasteiger partial charge in [0, 0.05) is 12.7 Å². The van der Waals surface area contributed by atoms with Crippen molar-refractivity contribution >= 4 is 0 Å². The number of aliphatic hydroxyl groups excluding tert-OH is 1. The Balaban J connectivity index is 2.39. The van der Waals surface area contributed by atoms with Gasteiger partial charge < -0.3 is 5.11 Å². The summed E-state index contributed by atoms with van der Waals surface area (Å²) in [6.07, 6.45) is 1.13. The van der Waals surface area contributed by atoms with E-state index in [-0.39, 0.29) is 0 Å². The van der Waals surface area contributed by atoms with Crippen molar-refractivity contribution in [1.29, 1.82) is 0 Å². The summed E-state index contributed by atoms with van der Waals surface area (Å²) in [7, 11) is 0. The minimum Gasteiger partial charge on any atom is -0.382 e. The lowest BCUT2D eigenvalue weighted by molar-refractivity contribution is 0.207. The summed E-state index contributed by atoms with van der Waals surface area (Å²) < 4.78 is 1.82. The molecule has 3 heteroatoms. The summed E-state index contributed by atoms with van der Waals surface area (Å²) in [5.74, 6) is 0. The second-order valence-corrected chi connectivity index (χ2v) is 3.83. The Hall–Kier alpha value is -1.61. The molecule has 16 heavy (non-hydrogen) atoms. The van der Waals surface area contributed by atoms with Gasteiger partial charge in [0.25, 0.3) is 0 Å². The minimum absolute atomic E-state index is 0.594. The van der Waals surface area contributed by atoms with Gasteiger partial charge in [-0.3, -0.25) is 4.68 Å². The third kappa shape index (κ3) is 1.86. The molecule has 3 nitrogen and oxygen atoms in total. The van der Waals surface area contributed by atoms with Gasteiger partial charge >= 0.3 is 0 Å². The van der Waals surface area contributed by atoms with Crippen molar-refractivity contribution in [3.63, 3.8) is 0 Å². The Morgan fingerprint density at radius 3 is 2.75 bits per heavy atom. The van der Waals surface area contributed by atoms with E-state index in [1.54, 1.807) is 6.20 Å². The lowest BCUT2D eigenvalue weighted by Gasteiger charge is -2.14. The number of aliphatic hydroxyl groups is 1. The van der Waals surface area contributed by atoms with Crippen LogP contribution in [0.4, 0.5) is 0 Å². The molecule has 0 amide bonds. The second kappa shape index (κ2) is 4.49. The van der Waals surface area contributed by atoms with Gasteiger partial charge in [-0.15, -0.1) is 0 Å². The summed E-state index contributed by atoms with van der Waals surface area (Å²) in [6.45, 7) is 4.79. The highest BCUT2D eigenvalue weighted by molar-refractivity contribution is 5.32. The Kier molecular flexibility index (Phi) is 3.06. The highest BCUT2D eigenvalue weighted by Gasteiger charge is 2.15. The van der Waals surface area contributed by atoms with Crippen molar-refractivity contribution in [2.75, 3.05) is 0 Å². The van der Waals surface area contributed by atoms with Crippen LogP contribution in [0, 0.1) is 6.92 Å². The zero-order valence-electron chi connectivity index (χ0n) is 9.59. The minimum atomic E-state index is -0.594. The van der Waals surface area contributed by atoms with Gasteiger partial charge in [-0.05, 0) is 31.0 Å². The van der Waals surface area contributed by atoms with Crippen LogP contribution in [0.2, 0.25) is 0 Å². The largest absolute Gasteiger partial charge is 0.382 e. The van der Waals surface area contributed by atoms with E-state index in [1.807, 2.05) is 48.9 Å². The van der Waals surface area contributed by atoms with Crippen molar-refractivity contribution in [2.24, 2.45) is 0 Å². The fraction of sp³-hybridized carbons (Fsp3) is 0.308. The van der Waals surface area contributed by atoms with Gasteiger partial charge in [0.2, 0.25) is 0 Å². The first-order chi connectivity index (χ1) is 7.74. The predicted molar refractivity (Wildman–Crippen MR) is 63.1 cm³/mol.